The Morgan fingerprint density at radius 2 is 0.683 bits per heavy atom. The molecule has 2 aliphatic carbocycles. The highest BCUT2D eigenvalue weighted by molar-refractivity contribution is 5.98. The average molecular weight is 762 g/mol. The van der Waals surface area contributed by atoms with E-state index >= 15 is 0 Å². The summed E-state index contributed by atoms with van der Waals surface area (Å²) in [7, 11) is 0. The van der Waals surface area contributed by atoms with Crippen molar-refractivity contribution in [3.63, 3.8) is 0 Å². The van der Waals surface area contributed by atoms with Gasteiger partial charge < -0.3 is 4.90 Å². The standard InChI is InChI=1S/C59H39N/c1-2-14-40(15-3-1)41-28-32-46(33-29-41)60(47-34-30-42(31-35-47)44-18-12-19-45(38-44)50-24-13-17-43-16-4-5-20-49(43)50)48-36-37-58-54(39-48)53-23-8-11-27-57(53)59(58)55-25-9-6-21-51(55)52-22-7-10-26-56(52)59/h1-39H. The van der Waals surface area contributed by atoms with E-state index < -0.39 is 0 Å². The van der Waals surface area contributed by atoms with Crippen molar-refractivity contribution in [3.05, 3.63) is 259 Å². The Labute approximate surface area is 351 Å². The lowest BCUT2D eigenvalue weighted by Crippen LogP contribution is -2.25. The van der Waals surface area contributed by atoms with Crippen LogP contribution in [0, 0.1) is 0 Å². The van der Waals surface area contributed by atoms with E-state index in [0.717, 1.165) is 17.1 Å². The van der Waals surface area contributed by atoms with Crippen molar-refractivity contribution in [2.24, 2.45) is 0 Å². The second-order valence-corrected chi connectivity index (χ2v) is 16.0. The third kappa shape index (κ3) is 5.19. The van der Waals surface area contributed by atoms with Crippen molar-refractivity contribution in [3.8, 4) is 55.6 Å². The molecule has 1 nitrogen and oxygen atoms in total. The molecule has 10 aromatic rings. The number of fused-ring (bicyclic) bond motifs is 11. The summed E-state index contributed by atoms with van der Waals surface area (Å²) >= 11 is 0. The first-order chi connectivity index (χ1) is 29.8. The number of rotatable bonds is 6. The first-order valence-electron chi connectivity index (χ1n) is 20.8. The minimum atomic E-state index is -0.373. The van der Waals surface area contributed by atoms with Crippen molar-refractivity contribution in [2.75, 3.05) is 4.90 Å². The predicted molar refractivity (Wildman–Crippen MR) is 251 cm³/mol. The molecule has 0 bridgehead atoms. The van der Waals surface area contributed by atoms with E-state index in [-0.39, 0.29) is 5.41 Å². The third-order valence-corrected chi connectivity index (χ3v) is 12.9. The topological polar surface area (TPSA) is 3.24 Å². The molecule has 60 heavy (non-hydrogen) atoms. The predicted octanol–water partition coefficient (Wildman–Crippen LogP) is 15.7. The van der Waals surface area contributed by atoms with Crippen LogP contribution >= 0.6 is 0 Å². The fourth-order valence-corrected chi connectivity index (χ4v) is 10.3. The Kier molecular flexibility index (Phi) is 7.83. The van der Waals surface area contributed by atoms with E-state index in [1.165, 1.54) is 88.7 Å². The van der Waals surface area contributed by atoms with Crippen LogP contribution in [-0.4, -0.2) is 0 Å². The van der Waals surface area contributed by atoms with Crippen LogP contribution in [0.3, 0.4) is 0 Å². The molecular weight excluding hydrogens is 723 g/mol. The van der Waals surface area contributed by atoms with Gasteiger partial charge in [0.25, 0.3) is 0 Å². The van der Waals surface area contributed by atoms with Gasteiger partial charge >= 0.3 is 0 Å². The average Bonchev–Trinajstić information content (AvgIpc) is 3.79. The fourth-order valence-electron chi connectivity index (χ4n) is 10.3. The summed E-state index contributed by atoms with van der Waals surface area (Å²) in [5.41, 5.74) is 20.9. The molecule has 1 heteroatoms. The van der Waals surface area contributed by atoms with Gasteiger partial charge in [-0.25, -0.2) is 0 Å². The van der Waals surface area contributed by atoms with Crippen LogP contribution in [0.5, 0.6) is 0 Å². The quantitative estimate of drug-likeness (QED) is 0.163. The molecule has 10 aromatic carbocycles. The van der Waals surface area contributed by atoms with Crippen LogP contribution in [0.15, 0.2) is 237 Å². The Hall–Kier alpha value is -7.74. The zero-order valence-corrected chi connectivity index (χ0v) is 33.0. The van der Waals surface area contributed by atoms with E-state index in [9.17, 15) is 0 Å². The normalized spacial score (nSPS) is 12.8. The van der Waals surface area contributed by atoms with E-state index in [0.29, 0.717) is 0 Å². The van der Waals surface area contributed by atoms with Crippen molar-refractivity contribution in [1.82, 2.24) is 0 Å². The zero-order chi connectivity index (χ0) is 39.6. The van der Waals surface area contributed by atoms with Crippen molar-refractivity contribution in [2.45, 2.75) is 5.41 Å². The van der Waals surface area contributed by atoms with E-state index in [2.05, 4.69) is 241 Å². The summed E-state index contributed by atoms with van der Waals surface area (Å²) < 4.78 is 0. The van der Waals surface area contributed by atoms with Gasteiger partial charge in [0.05, 0.1) is 5.41 Å². The molecule has 0 atom stereocenters. The lowest BCUT2D eigenvalue weighted by Gasteiger charge is -2.31. The van der Waals surface area contributed by atoms with Crippen LogP contribution in [-0.2, 0) is 5.41 Å². The molecule has 0 saturated carbocycles. The number of hydrogen-bond donors (Lipinski definition) is 0. The largest absolute Gasteiger partial charge is 0.310 e. The Morgan fingerprint density at radius 3 is 1.35 bits per heavy atom. The summed E-state index contributed by atoms with van der Waals surface area (Å²) in [5, 5.41) is 2.52. The monoisotopic (exact) mass is 761 g/mol. The first kappa shape index (κ1) is 34.3. The Balaban J connectivity index is 0.993. The lowest BCUT2D eigenvalue weighted by atomic mass is 9.70. The van der Waals surface area contributed by atoms with Crippen LogP contribution in [0.25, 0.3) is 66.4 Å². The highest BCUT2D eigenvalue weighted by Gasteiger charge is 2.51. The van der Waals surface area contributed by atoms with E-state index in [1.807, 2.05) is 0 Å². The summed E-state index contributed by atoms with van der Waals surface area (Å²) in [4.78, 5) is 2.41. The summed E-state index contributed by atoms with van der Waals surface area (Å²) in [5.74, 6) is 0. The molecule has 0 radical (unpaired) electrons. The maximum Gasteiger partial charge on any atom is 0.0725 e. The van der Waals surface area contributed by atoms with E-state index in [1.54, 1.807) is 0 Å². The maximum atomic E-state index is 2.43. The fraction of sp³-hybridized carbons (Fsp3) is 0.0169. The molecule has 0 aliphatic heterocycles. The van der Waals surface area contributed by atoms with Crippen LogP contribution in [0.1, 0.15) is 22.3 Å². The molecule has 280 valence electrons. The lowest BCUT2D eigenvalue weighted by molar-refractivity contribution is 0.794. The minimum Gasteiger partial charge on any atom is -0.310 e. The van der Waals surface area contributed by atoms with Gasteiger partial charge in [-0.2, -0.15) is 0 Å². The van der Waals surface area contributed by atoms with Gasteiger partial charge in [0.1, 0.15) is 0 Å². The van der Waals surface area contributed by atoms with Gasteiger partial charge in [0.2, 0.25) is 0 Å². The maximum absolute atomic E-state index is 2.43. The third-order valence-electron chi connectivity index (χ3n) is 12.9. The second kappa shape index (κ2) is 13.7. The number of anilines is 3. The molecule has 2 aliphatic rings. The molecule has 0 N–H and O–H groups in total. The van der Waals surface area contributed by atoms with Gasteiger partial charge in [-0.05, 0) is 131 Å². The van der Waals surface area contributed by atoms with Crippen LogP contribution < -0.4 is 4.90 Å². The minimum absolute atomic E-state index is 0.373. The molecule has 0 fully saturated rings. The molecule has 0 unspecified atom stereocenters. The van der Waals surface area contributed by atoms with Crippen molar-refractivity contribution >= 4 is 27.8 Å². The van der Waals surface area contributed by atoms with Crippen molar-refractivity contribution in [1.29, 1.82) is 0 Å². The SMILES string of the molecule is c1ccc(-c2ccc(N(c3ccc(-c4cccc(-c5cccc6ccccc56)c4)cc3)c3ccc4c(c3)-c3ccccc3C43c4ccccc4-c4ccccc43)cc2)cc1. The molecule has 0 aromatic heterocycles. The Bertz CT molecular complexity index is 3200. The van der Waals surface area contributed by atoms with Crippen LogP contribution in [0.4, 0.5) is 17.1 Å². The molecule has 12 rings (SSSR count). The Morgan fingerprint density at radius 1 is 0.250 bits per heavy atom. The van der Waals surface area contributed by atoms with Gasteiger partial charge in [-0.15, -0.1) is 0 Å². The number of nitrogens with zero attached hydrogens (tertiary/aromatic N) is 1. The van der Waals surface area contributed by atoms with Gasteiger partial charge in [0, 0.05) is 17.1 Å². The number of hydrogen-bond acceptors (Lipinski definition) is 1. The van der Waals surface area contributed by atoms with Gasteiger partial charge in [-0.3, -0.25) is 0 Å². The zero-order valence-electron chi connectivity index (χ0n) is 33.0. The molecule has 0 heterocycles. The highest BCUT2D eigenvalue weighted by atomic mass is 15.1. The molecular formula is C59H39N. The number of benzene rings is 10. The molecule has 0 amide bonds. The second-order valence-electron chi connectivity index (χ2n) is 16.0. The van der Waals surface area contributed by atoms with Crippen LogP contribution in [0.2, 0.25) is 0 Å². The smallest absolute Gasteiger partial charge is 0.0725 e. The summed E-state index contributed by atoms with van der Waals surface area (Å²) in [6.07, 6.45) is 0. The first-order valence-corrected chi connectivity index (χ1v) is 20.8. The van der Waals surface area contributed by atoms with Gasteiger partial charge in [-0.1, -0.05) is 194 Å². The molecule has 1 spiro atoms. The summed E-state index contributed by atoms with van der Waals surface area (Å²) in [6, 6.07) is 87.1. The summed E-state index contributed by atoms with van der Waals surface area (Å²) in [6.45, 7) is 0. The van der Waals surface area contributed by atoms with Crippen molar-refractivity contribution < 1.29 is 0 Å². The molecule has 0 saturated heterocycles. The van der Waals surface area contributed by atoms with E-state index in [4.69, 9.17) is 0 Å². The van der Waals surface area contributed by atoms with Gasteiger partial charge in [0.15, 0.2) is 0 Å². The highest BCUT2D eigenvalue weighted by Crippen LogP contribution is 2.63.